The highest BCUT2D eigenvalue weighted by Crippen LogP contribution is 2.26. The summed E-state index contributed by atoms with van der Waals surface area (Å²) in [5.74, 6) is 0. The molecule has 20 heavy (non-hydrogen) atoms. The van der Waals surface area contributed by atoms with Gasteiger partial charge in [-0.2, -0.15) is 0 Å². The van der Waals surface area contributed by atoms with E-state index in [0.717, 1.165) is 27.2 Å². The van der Waals surface area contributed by atoms with Gasteiger partial charge in [0, 0.05) is 38.8 Å². The molecule has 0 aliphatic rings. The minimum Gasteiger partial charge on any atom is -0.380 e. The molecule has 1 aromatic heterocycles. The van der Waals surface area contributed by atoms with E-state index in [1.807, 2.05) is 18.3 Å². The van der Waals surface area contributed by atoms with Crippen molar-refractivity contribution in [3.8, 4) is 0 Å². The molecule has 3 aromatic rings. The van der Waals surface area contributed by atoms with Crippen LogP contribution in [0.2, 0.25) is 5.02 Å². The van der Waals surface area contributed by atoms with Crippen LogP contribution < -0.4 is 5.32 Å². The lowest BCUT2D eigenvalue weighted by atomic mass is 10.1. The van der Waals surface area contributed by atoms with Gasteiger partial charge in [-0.3, -0.25) is 0 Å². The molecule has 0 spiro atoms. The van der Waals surface area contributed by atoms with Gasteiger partial charge in [0.2, 0.25) is 0 Å². The summed E-state index contributed by atoms with van der Waals surface area (Å²) in [4.78, 5) is 3.25. The predicted molar refractivity (Wildman–Crippen MR) is 89.5 cm³/mol. The number of aryl methyl sites for hydroxylation is 1. The van der Waals surface area contributed by atoms with Gasteiger partial charge in [0.05, 0.1) is 0 Å². The Hall–Kier alpha value is -1.45. The molecule has 0 saturated heterocycles. The molecule has 4 heteroatoms. The topological polar surface area (TPSA) is 27.8 Å². The summed E-state index contributed by atoms with van der Waals surface area (Å²) in [7, 11) is 0. The lowest BCUT2D eigenvalue weighted by Gasteiger charge is -2.08. The highest BCUT2D eigenvalue weighted by atomic mass is 79.9. The molecule has 2 aromatic carbocycles. The van der Waals surface area contributed by atoms with Crippen LogP contribution in [0.25, 0.3) is 10.9 Å². The van der Waals surface area contributed by atoms with E-state index in [2.05, 4.69) is 57.4 Å². The number of nitrogens with one attached hydrogen (secondary N) is 2. The fraction of sp³-hybridized carbons (Fsp3) is 0.125. The second-order valence-electron chi connectivity index (χ2n) is 4.84. The molecule has 2 N–H and O–H groups in total. The number of benzene rings is 2. The number of halogens is 2. The van der Waals surface area contributed by atoms with E-state index >= 15 is 0 Å². The van der Waals surface area contributed by atoms with Gasteiger partial charge in [-0.25, -0.2) is 0 Å². The first kappa shape index (κ1) is 13.5. The van der Waals surface area contributed by atoms with Gasteiger partial charge in [0.25, 0.3) is 0 Å². The zero-order valence-corrected chi connectivity index (χ0v) is 13.3. The summed E-state index contributed by atoms with van der Waals surface area (Å²) < 4.78 is 1.08. The standard InChI is InChI=1S/C16H14BrClN2/c1-10-2-5-15(14(17)6-10)19-8-11-9-20-16-7-12(18)3-4-13(11)16/h2-7,9,19-20H,8H2,1H3. The number of hydrogen-bond acceptors (Lipinski definition) is 1. The number of rotatable bonds is 3. The van der Waals surface area contributed by atoms with Crippen molar-refractivity contribution in [2.24, 2.45) is 0 Å². The van der Waals surface area contributed by atoms with Crippen molar-refractivity contribution >= 4 is 44.1 Å². The zero-order valence-electron chi connectivity index (χ0n) is 11.0. The molecular weight excluding hydrogens is 336 g/mol. The van der Waals surface area contributed by atoms with Crippen LogP contribution in [0.1, 0.15) is 11.1 Å². The largest absolute Gasteiger partial charge is 0.380 e. The minimum atomic E-state index is 0.750. The van der Waals surface area contributed by atoms with Crippen LogP contribution >= 0.6 is 27.5 Å². The average Bonchev–Trinajstić information content (AvgIpc) is 2.80. The molecule has 0 unspecified atom stereocenters. The number of hydrogen-bond donors (Lipinski definition) is 2. The molecule has 1 heterocycles. The van der Waals surface area contributed by atoms with Crippen LogP contribution in [0.3, 0.4) is 0 Å². The molecule has 0 radical (unpaired) electrons. The van der Waals surface area contributed by atoms with Crippen LogP contribution in [0.4, 0.5) is 5.69 Å². The van der Waals surface area contributed by atoms with Crippen LogP contribution in [0.15, 0.2) is 47.1 Å². The Labute approximate surface area is 131 Å². The van der Waals surface area contributed by atoms with E-state index in [9.17, 15) is 0 Å². The number of fused-ring (bicyclic) bond motifs is 1. The van der Waals surface area contributed by atoms with E-state index < -0.39 is 0 Å². The number of H-pyrrole nitrogens is 1. The van der Waals surface area contributed by atoms with Crippen molar-refractivity contribution in [2.45, 2.75) is 13.5 Å². The SMILES string of the molecule is Cc1ccc(NCc2c[nH]c3cc(Cl)ccc23)c(Br)c1. The van der Waals surface area contributed by atoms with Crippen LogP contribution in [0.5, 0.6) is 0 Å². The second-order valence-corrected chi connectivity index (χ2v) is 6.13. The van der Waals surface area contributed by atoms with Gasteiger partial charge in [-0.15, -0.1) is 0 Å². The third-order valence-corrected chi connectivity index (χ3v) is 4.21. The summed E-state index contributed by atoms with van der Waals surface area (Å²) in [6.07, 6.45) is 2.02. The molecule has 102 valence electrons. The van der Waals surface area contributed by atoms with Crippen molar-refractivity contribution < 1.29 is 0 Å². The highest BCUT2D eigenvalue weighted by molar-refractivity contribution is 9.10. The monoisotopic (exact) mass is 348 g/mol. The fourth-order valence-corrected chi connectivity index (χ4v) is 3.06. The maximum Gasteiger partial charge on any atom is 0.0487 e. The number of aromatic nitrogens is 1. The Morgan fingerprint density at radius 2 is 2.05 bits per heavy atom. The molecule has 0 aliphatic carbocycles. The van der Waals surface area contributed by atoms with E-state index in [1.54, 1.807) is 0 Å². The fourth-order valence-electron chi connectivity index (χ4n) is 2.26. The first-order valence-electron chi connectivity index (χ1n) is 6.39. The molecule has 0 amide bonds. The second kappa shape index (κ2) is 5.51. The first-order valence-corrected chi connectivity index (χ1v) is 7.56. The van der Waals surface area contributed by atoms with Gasteiger partial charge in [0.15, 0.2) is 0 Å². The van der Waals surface area contributed by atoms with Gasteiger partial charge < -0.3 is 10.3 Å². The molecule has 0 saturated carbocycles. The Morgan fingerprint density at radius 1 is 1.20 bits per heavy atom. The highest BCUT2D eigenvalue weighted by Gasteiger charge is 2.05. The molecule has 0 fully saturated rings. The van der Waals surface area contributed by atoms with E-state index in [0.29, 0.717) is 0 Å². The molecule has 2 nitrogen and oxygen atoms in total. The summed E-state index contributed by atoms with van der Waals surface area (Å²) in [6, 6.07) is 12.2. The summed E-state index contributed by atoms with van der Waals surface area (Å²) in [5, 5.41) is 5.40. The van der Waals surface area contributed by atoms with Gasteiger partial charge >= 0.3 is 0 Å². The van der Waals surface area contributed by atoms with Crippen molar-refractivity contribution in [1.29, 1.82) is 0 Å². The van der Waals surface area contributed by atoms with Crippen LogP contribution in [0, 0.1) is 6.92 Å². The smallest absolute Gasteiger partial charge is 0.0487 e. The van der Waals surface area contributed by atoms with Crippen molar-refractivity contribution in [3.63, 3.8) is 0 Å². The third-order valence-electron chi connectivity index (χ3n) is 3.32. The lowest BCUT2D eigenvalue weighted by Crippen LogP contribution is -1.99. The van der Waals surface area contributed by atoms with Crippen molar-refractivity contribution in [3.05, 3.63) is 63.2 Å². The molecule has 0 bridgehead atoms. The Bertz CT molecular complexity index is 764. The Kier molecular flexibility index (Phi) is 3.72. The normalized spacial score (nSPS) is 10.9. The van der Waals surface area contributed by atoms with Crippen LogP contribution in [-0.4, -0.2) is 4.98 Å². The summed E-state index contributed by atoms with van der Waals surface area (Å²) in [5.41, 5.74) is 4.63. The van der Waals surface area contributed by atoms with Gasteiger partial charge in [0.1, 0.15) is 0 Å². The maximum atomic E-state index is 5.99. The minimum absolute atomic E-state index is 0.750. The summed E-state index contributed by atoms with van der Waals surface area (Å²) >= 11 is 9.58. The average molecular weight is 350 g/mol. The predicted octanol–water partition coefficient (Wildman–Crippen LogP) is 5.50. The summed E-state index contributed by atoms with van der Waals surface area (Å²) in [6.45, 7) is 2.85. The molecule has 0 aliphatic heterocycles. The Morgan fingerprint density at radius 3 is 2.85 bits per heavy atom. The maximum absolute atomic E-state index is 5.99. The lowest BCUT2D eigenvalue weighted by molar-refractivity contribution is 1.16. The van der Waals surface area contributed by atoms with Crippen molar-refractivity contribution in [2.75, 3.05) is 5.32 Å². The van der Waals surface area contributed by atoms with Gasteiger partial charge in [-0.05, 0) is 58.2 Å². The molecule has 0 atom stereocenters. The van der Waals surface area contributed by atoms with E-state index in [4.69, 9.17) is 11.6 Å². The number of aromatic amines is 1. The van der Waals surface area contributed by atoms with E-state index in [-0.39, 0.29) is 0 Å². The first-order chi connectivity index (χ1) is 9.63. The van der Waals surface area contributed by atoms with Crippen LogP contribution in [-0.2, 0) is 6.54 Å². The quantitative estimate of drug-likeness (QED) is 0.641. The van der Waals surface area contributed by atoms with E-state index in [1.165, 1.54) is 16.5 Å². The Balaban J connectivity index is 1.83. The number of anilines is 1. The molecular formula is C16H14BrClN2. The van der Waals surface area contributed by atoms with Gasteiger partial charge in [-0.1, -0.05) is 23.7 Å². The molecule has 3 rings (SSSR count). The van der Waals surface area contributed by atoms with Crippen molar-refractivity contribution in [1.82, 2.24) is 4.98 Å². The third kappa shape index (κ3) is 2.69. The zero-order chi connectivity index (χ0) is 14.1.